The Hall–Kier alpha value is -1.10. The summed E-state index contributed by atoms with van der Waals surface area (Å²) in [5.74, 6) is -1.34. The van der Waals surface area contributed by atoms with Gasteiger partial charge in [0.05, 0.1) is 5.92 Å². The van der Waals surface area contributed by atoms with Crippen molar-refractivity contribution in [2.75, 3.05) is 6.61 Å². The van der Waals surface area contributed by atoms with Gasteiger partial charge < -0.3 is 4.74 Å². The Morgan fingerprint density at radius 1 is 0.667 bits per heavy atom. The van der Waals surface area contributed by atoms with Crippen LogP contribution < -0.4 is 0 Å². The van der Waals surface area contributed by atoms with Crippen LogP contribution in [0, 0.1) is 76.9 Å². The van der Waals surface area contributed by atoms with Gasteiger partial charge in [-0.3, -0.25) is 4.79 Å². The van der Waals surface area contributed by atoms with Crippen LogP contribution in [0.3, 0.4) is 0 Å². The van der Waals surface area contributed by atoms with Crippen LogP contribution in [0.4, 0.5) is 39.5 Å². The number of alkyl halides is 11. The van der Waals surface area contributed by atoms with Crippen LogP contribution in [0.2, 0.25) is 0 Å². The summed E-state index contributed by atoms with van der Waals surface area (Å²) in [4.78, 5) is 5.06. The smallest absolute Gasteiger partial charge is 0.422 e. The van der Waals surface area contributed by atoms with Gasteiger partial charge >= 0.3 is 24.5 Å². The van der Waals surface area contributed by atoms with Crippen molar-refractivity contribution in [3.63, 3.8) is 0 Å². The molecule has 0 heterocycles. The zero-order chi connectivity index (χ0) is 30.4. The molecule has 8 aliphatic carbocycles. The average Bonchev–Trinajstić information content (AvgIpc) is 3.72. The minimum Gasteiger partial charge on any atom is -0.456 e. The van der Waals surface area contributed by atoms with Crippen LogP contribution >= 0.6 is 23.2 Å². The first kappa shape index (κ1) is 29.6. The molecule has 0 aliphatic heterocycles. The molecule has 0 N–H and O–H groups in total. The van der Waals surface area contributed by atoms with Crippen LogP contribution in [-0.2, 0) is 9.53 Å². The Labute approximate surface area is 246 Å². The molecule has 0 aromatic carbocycles. The number of allylic oxidation sites excluding steroid dienone is 4. The molecule has 13 heteroatoms. The van der Waals surface area contributed by atoms with Crippen LogP contribution in [0.1, 0.15) is 32.1 Å². The summed E-state index contributed by atoms with van der Waals surface area (Å²) in [6.07, 6.45) is -3.24. The lowest BCUT2D eigenvalue weighted by molar-refractivity contribution is -0.250. The molecule has 15 unspecified atom stereocenters. The van der Waals surface area contributed by atoms with E-state index in [-0.39, 0.29) is 30.1 Å². The van der Waals surface area contributed by atoms with Crippen LogP contribution in [0.25, 0.3) is 0 Å². The van der Waals surface area contributed by atoms with Crippen LogP contribution in [0.5, 0.6) is 0 Å². The highest BCUT2D eigenvalue weighted by atomic mass is 35.5. The SMILES string of the molecule is FC(F)(F)C1(Cl)C2CC(C3C4C=CC(C4)C32)C1(Cl)C(F)(F)F.O=C(OCC(F)(F)F)C1CC2CC1C1C3C=CC(C3)C21. The number of esters is 1. The molecule has 0 spiro atoms. The van der Waals surface area contributed by atoms with Crippen LogP contribution in [0.15, 0.2) is 24.3 Å². The summed E-state index contributed by atoms with van der Waals surface area (Å²) in [5.41, 5.74) is 0. The summed E-state index contributed by atoms with van der Waals surface area (Å²) in [7, 11) is 0. The molecule has 42 heavy (non-hydrogen) atoms. The highest BCUT2D eigenvalue weighted by Crippen LogP contribution is 2.79. The van der Waals surface area contributed by atoms with E-state index in [1.54, 1.807) is 0 Å². The van der Waals surface area contributed by atoms with E-state index < -0.39 is 64.5 Å². The summed E-state index contributed by atoms with van der Waals surface area (Å²) in [6, 6.07) is 0. The largest absolute Gasteiger partial charge is 0.456 e. The highest BCUT2D eigenvalue weighted by molar-refractivity contribution is 6.36. The maximum absolute atomic E-state index is 13.6. The van der Waals surface area contributed by atoms with Gasteiger partial charge in [0.1, 0.15) is 0 Å². The molecule has 8 bridgehead atoms. The molecule has 0 aromatic rings. The predicted octanol–water partition coefficient (Wildman–Crippen LogP) is 8.34. The quantitative estimate of drug-likeness (QED) is 0.0987. The molecular formula is C29H29Cl2F9O2. The van der Waals surface area contributed by atoms with Crippen molar-refractivity contribution in [3.05, 3.63) is 24.3 Å². The van der Waals surface area contributed by atoms with E-state index in [1.165, 1.54) is 6.42 Å². The fraction of sp³-hybridized carbons (Fsp3) is 0.828. The van der Waals surface area contributed by atoms with E-state index in [1.807, 2.05) is 12.2 Å². The number of hydrogen-bond acceptors (Lipinski definition) is 2. The maximum atomic E-state index is 13.6. The van der Waals surface area contributed by atoms with Gasteiger partial charge in [0, 0.05) is 0 Å². The Morgan fingerprint density at radius 3 is 1.57 bits per heavy atom. The van der Waals surface area contributed by atoms with Crippen molar-refractivity contribution in [1.29, 1.82) is 0 Å². The van der Waals surface area contributed by atoms with Gasteiger partial charge in [-0.05, 0) is 103 Å². The lowest BCUT2D eigenvalue weighted by Crippen LogP contribution is -2.69. The Bertz CT molecular complexity index is 1170. The molecule has 0 saturated heterocycles. The first-order valence-electron chi connectivity index (χ1n) is 14.5. The number of ether oxygens (including phenoxy) is 1. The van der Waals surface area contributed by atoms with Gasteiger partial charge in [-0.15, -0.1) is 23.2 Å². The number of carbonyl (C=O) groups excluding carboxylic acids is 1. The second-order valence-corrected chi connectivity index (χ2v) is 15.0. The Kier molecular flexibility index (Phi) is 6.34. The molecule has 0 amide bonds. The zero-order valence-corrected chi connectivity index (χ0v) is 23.5. The van der Waals surface area contributed by atoms with Crippen molar-refractivity contribution >= 4 is 29.2 Å². The van der Waals surface area contributed by atoms with Crippen molar-refractivity contribution in [3.8, 4) is 0 Å². The van der Waals surface area contributed by atoms with E-state index in [9.17, 15) is 44.3 Å². The summed E-state index contributed by atoms with van der Waals surface area (Å²) in [6.45, 7) is -1.44. The van der Waals surface area contributed by atoms with E-state index >= 15 is 0 Å². The second kappa shape index (κ2) is 9.00. The molecule has 8 aliphatic rings. The monoisotopic (exact) mass is 650 g/mol. The molecule has 6 fully saturated rings. The molecule has 0 radical (unpaired) electrons. The Morgan fingerprint density at radius 2 is 1.12 bits per heavy atom. The zero-order valence-electron chi connectivity index (χ0n) is 22.0. The van der Waals surface area contributed by atoms with E-state index in [0.29, 0.717) is 36.0 Å². The standard InChI is InChI=1S/C15H17F3O2.C14H12Cl2F6/c16-15(17,18)6-20-14(19)11-5-9-4-10(11)13-8-2-1-7(3-8)12(9)13;15-11(13(17,18)19)7-4-8(12(11,16)14(20,21)22)10-6-2-1-5(3-6)9(7)10/h1-2,7-13H,3-6H2;1-2,5-10H,3-4H2. The van der Waals surface area contributed by atoms with Gasteiger partial charge in [-0.25, -0.2) is 0 Å². The summed E-state index contributed by atoms with van der Waals surface area (Å²) < 4.78 is 122. The molecule has 15 atom stereocenters. The number of hydrogen-bond donors (Lipinski definition) is 0. The van der Waals surface area contributed by atoms with E-state index in [2.05, 4.69) is 16.9 Å². The molecule has 8 rings (SSSR count). The lowest BCUT2D eigenvalue weighted by atomic mass is 9.63. The topological polar surface area (TPSA) is 26.3 Å². The number of rotatable bonds is 2. The van der Waals surface area contributed by atoms with Crippen molar-refractivity contribution in [2.24, 2.45) is 76.9 Å². The van der Waals surface area contributed by atoms with Crippen molar-refractivity contribution in [2.45, 2.75) is 60.4 Å². The molecule has 234 valence electrons. The van der Waals surface area contributed by atoms with Crippen molar-refractivity contribution < 1.29 is 49.0 Å². The minimum absolute atomic E-state index is 0.0973. The van der Waals surface area contributed by atoms with Crippen LogP contribution in [-0.4, -0.2) is 40.9 Å². The first-order valence-corrected chi connectivity index (χ1v) is 15.3. The molecule has 2 nitrogen and oxygen atoms in total. The third-order valence-corrected chi connectivity index (χ3v) is 14.0. The number of fused-ring (bicyclic) bond motifs is 18. The molecule has 0 aromatic heterocycles. The number of halogens is 11. The minimum atomic E-state index is -5.21. The van der Waals surface area contributed by atoms with Gasteiger partial charge in [0.25, 0.3) is 0 Å². The second-order valence-electron chi connectivity index (χ2n) is 13.8. The average molecular weight is 651 g/mol. The van der Waals surface area contributed by atoms with E-state index in [4.69, 9.17) is 23.2 Å². The fourth-order valence-electron chi connectivity index (χ4n) is 11.4. The third kappa shape index (κ3) is 3.76. The molecule has 6 saturated carbocycles. The van der Waals surface area contributed by atoms with Gasteiger partial charge in [0.2, 0.25) is 0 Å². The predicted molar refractivity (Wildman–Crippen MR) is 133 cm³/mol. The lowest BCUT2D eigenvalue weighted by Gasteiger charge is -2.52. The van der Waals surface area contributed by atoms with Gasteiger partial charge in [-0.1, -0.05) is 24.3 Å². The first-order chi connectivity index (χ1) is 19.4. The third-order valence-electron chi connectivity index (χ3n) is 12.3. The number of carbonyl (C=O) groups is 1. The molecular weight excluding hydrogens is 622 g/mol. The van der Waals surface area contributed by atoms with E-state index in [0.717, 1.165) is 12.8 Å². The van der Waals surface area contributed by atoms with Gasteiger partial charge in [-0.2, -0.15) is 39.5 Å². The van der Waals surface area contributed by atoms with Gasteiger partial charge in [0.15, 0.2) is 16.4 Å². The fourth-order valence-corrected chi connectivity index (χ4v) is 12.4. The maximum Gasteiger partial charge on any atom is 0.422 e. The highest BCUT2D eigenvalue weighted by Gasteiger charge is 2.89. The van der Waals surface area contributed by atoms with Crippen molar-refractivity contribution in [1.82, 2.24) is 0 Å². The normalized spacial score (nSPS) is 52.1. The summed E-state index contributed by atoms with van der Waals surface area (Å²) in [5, 5.41) is 0. The Balaban J connectivity index is 0.000000138. The summed E-state index contributed by atoms with van der Waals surface area (Å²) >= 11 is 11.5.